The first-order chi connectivity index (χ1) is 5.74. The molecular formula is C9H13Cl2NO. The number of nitrogens with two attached hydrogens (primary N) is 1. The summed E-state index contributed by atoms with van der Waals surface area (Å²) in [5.74, 6) is 0. The molecule has 0 radical (unpaired) electrons. The molecule has 1 aromatic carbocycles. The summed E-state index contributed by atoms with van der Waals surface area (Å²) in [5, 5.41) is 9.34. The molecule has 74 valence electrons. The van der Waals surface area contributed by atoms with Crippen molar-refractivity contribution in [1.82, 2.24) is 0 Å². The molecule has 0 saturated heterocycles. The van der Waals surface area contributed by atoms with Crippen molar-refractivity contribution in [3.8, 4) is 0 Å². The largest absolute Gasteiger partial charge is 0.396 e. The van der Waals surface area contributed by atoms with Crippen LogP contribution in [-0.2, 0) is 0 Å². The Morgan fingerprint density at radius 3 is 2.69 bits per heavy atom. The second-order valence-electron chi connectivity index (χ2n) is 2.67. The molecule has 4 heteroatoms. The van der Waals surface area contributed by atoms with Crippen LogP contribution in [0.3, 0.4) is 0 Å². The highest BCUT2D eigenvalue weighted by Gasteiger charge is 2.04. The Labute approximate surface area is 89.1 Å². The molecule has 1 atom stereocenters. The first-order valence-electron chi connectivity index (χ1n) is 3.86. The van der Waals surface area contributed by atoms with Crippen LogP contribution in [0.25, 0.3) is 0 Å². The molecule has 13 heavy (non-hydrogen) atoms. The summed E-state index contributed by atoms with van der Waals surface area (Å²) in [4.78, 5) is 0. The van der Waals surface area contributed by atoms with Crippen molar-refractivity contribution in [2.24, 2.45) is 5.73 Å². The minimum absolute atomic E-state index is 0. The minimum atomic E-state index is -0.117. The average Bonchev–Trinajstić information content (AvgIpc) is 2.05. The van der Waals surface area contributed by atoms with Gasteiger partial charge in [-0.05, 0) is 24.1 Å². The van der Waals surface area contributed by atoms with Crippen LogP contribution < -0.4 is 5.73 Å². The Kier molecular flexibility index (Phi) is 6.08. The summed E-state index contributed by atoms with van der Waals surface area (Å²) in [6.45, 7) is 0.105. The zero-order valence-electron chi connectivity index (χ0n) is 7.11. The van der Waals surface area contributed by atoms with E-state index in [4.69, 9.17) is 22.4 Å². The first-order valence-corrected chi connectivity index (χ1v) is 4.23. The predicted molar refractivity (Wildman–Crippen MR) is 57.3 cm³/mol. The van der Waals surface area contributed by atoms with E-state index in [1.54, 1.807) is 6.07 Å². The molecule has 3 N–H and O–H groups in total. The van der Waals surface area contributed by atoms with E-state index in [1.165, 1.54) is 0 Å². The van der Waals surface area contributed by atoms with Gasteiger partial charge in [0.1, 0.15) is 0 Å². The number of aliphatic hydroxyl groups excluding tert-OH is 1. The van der Waals surface area contributed by atoms with Crippen molar-refractivity contribution in [3.63, 3.8) is 0 Å². The second kappa shape index (κ2) is 6.22. The highest BCUT2D eigenvalue weighted by atomic mass is 35.5. The molecular weight excluding hydrogens is 209 g/mol. The van der Waals surface area contributed by atoms with Gasteiger partial charge in [0.25, 0.3) is 0 Å². The summed E-state index contributed by atoms with van der Waals surface area (Å²) in [6, 6.07) is 7.27. The molecule has 0 aliphatic rings. The maximum Gasteiger partial charge on any atom is 0.0449 e. The summed E-state index contributed by atoms with van der Waals surface area (Å²) in [5.41, 5.74) is 6.72. The van der Waals surface area contributed by atoms with Crippen LogP contribution in [0.5, 0.6) is 0 Å². The highest BCUT2D eigenvalue weighted by molar-refractivity contribution is 6.30. The smallest absolute Gasteiger partial charge is 0.0449 e. The number of aliphatic hydroxyl groups is 1. The Hall–Kier alpha value is -0.280. The quantitative estimate of drug-likeness (QED) is 0.822. The van der Waals surface area contributed by atoms with Gasteiger partial charge in [0.15, 0.2) is 0 Å². The average molecular weight is 222 g/mol. The molecule has 0 fully saturated rings. The van der Waals surface area contributed by atoms with E-state index in [9.17, 15) is 0 Å². The van der Waals surface area contributed by atoms with E-state index in [-0.39, 0.29) is 25.1 Å². The van der Waals surface area contributed by atoms with Gasteiger partial charge in [0, 0.05) is 17.7 Å². The van der Waals surface area contributed by atoms with Crippen molar-refractivity contribution in [2.75, 3.05) is 6.61 Å². The predicted octanol–water partition coefficient (Wildman–Crippen LogP) is 2.14. The molecule has 1 rings (SSSR count). The Balaban J connectivity index is 0.00000144. The molecule has 0 amide bonds. The first kappa shape index (κ1) is 12.7. The number of hydrogen-bond acceptors (Lipinski definition) is 2. The number of benzene rings is 1. The second-order valence-corrected chi connectivity index (χ2v) is 3.11. The van der Waals surface area contributed by atoms with Gasteiger partial charge in [-0.25, -0.2) is 0 Å². The van der Waals surface area contributed by atoms with Crippen molar-refractivity contribution < 1.29 is 5.11 Å². The summed E-state index contributed by atoms with van der Waals surface area (Å²) >= 11 is 5.77. The van der Waals surface area contributed by atoms with E-state index in [2.05, 4.69) is 0 Å². The fraction of sp³-hybridized carbons (Fsp3) is 0.333. The molecule has 0 aromatic heterocycles. The molecule has 0 unspecified atom stereocenters. The van der Waals surface area contributed by atoms with Crippen LogP contribution in [0, 0.1) is 0 Å². The van der Waals surface area contributed by atoms with Crippen molar-refractivity contribution in [1.29, 1.82) is 0 Å². The van der Waals surface area contributed by atoms with Gasteiger partial charge in [-0.1, -0.05) is 23.7 Å². The van der Waals surface area contributed by atoms with Gasteiger partial charge in [0.05, 0.1) is 0 Å². The van der Waals surface area contributed by atoms with Gasteiger partial charge in [0.2, 0.25) is 0 Å². The molecule has 2 nitrogen and oxygen atoms in total. The third-order valence-electron chi connectivity index (χ3n) is 1.72. The van der Waals surface area contributed by atoms with E-state index in [1.807, 2.05) is 18.2 Å². The molecule has 0 heterocycles. The van der Waals surface area contributed by atoms with Gasteiger partial charge in [-0.15, -0.1) is 12.4 Å². The van der Waals surface area contributed by atoms with Crippen LogP contribution in [0.15, 0.2) is 24.3 Å². The van der Waals surface area contributed by atoms with Crippen LogP contribution in [0.4, 0.5) is 0 Å². The molecule has 0 spiro atoms. The topological polar surface area (TPSA) is 46.2 Å². The van der Waals surface area contributed by atoms with E-state index in [0.29, 0.717) is 11.4 Å². The molecule has 0 aliphatic carbocycles. The third kappa shape index (κ3) is 3.96. The zero-order chi connectivity index (χ0) is 8.97. The monoisotopic (exact) mass is 221 g/mol. The Morgan fingerprint density at radius 1 is 1.46 bits per heavy atom. The summed E-state index contributed by atoms with van der Waals surface area (Å²) in [6.07, 6.45) is 0.570. The Bertz CT molecular complexity index is 255. The lowest BCUT2D eigenvalue weighted by Crippen LogP contribution is -2.11. The van der Waals surface area contributed by atoms with Crippen LogP contribution in [0.1, 0.15) is 18.0 Å². The molecule has 1 aromatic rings. The zero-order valence-corrected chi connectivity index (χ0v) is 8.68. The lowest BCUT2D eigenvalue weighted by Gasteiger charge is -2.09. The molecule has 0 saturated carbocycles. The fourth-order valence-corrected chi connectivity index (χ4v) is 1.24. The SMILES string of the molecule is Cl.N[C@H](CCO)c1cccc(Cl)c1. The number of hydrogen-bond donors (Lipinski definition) is 2. The van der Waals surface area contributed by atoms with E-state index < -0.39 is 0 Å². The maximum absolute atomic E-state index is 8.65. The van der Waals surface area contributed by atoms with Gasteiger partial charge >= 0.3 is 0 Å². The maximum atomic E-state index is 8.65. The third-order valence-corrected chi connectivity index (χ3v) is 1.95. The standard InChI is InChI=1S/C9H12ClNO.ClH/c10-8-3-1-2-7(6-8)9(11)4-5-12;/h1-3,6,9,12H,4-5,11H2;1H/t9-;/m1./s1. The molecule has 0 aliphatic heterocycles. The van der Waals surface area contributed by atoms with Crippen LogP contribution in [0.2, 0.25) is 5.02 Å². The van der Waals surface area contributed by atoms with Crippen molar-refractivity contribution >= 4 is 24.0 Å². The van der Waals surface area contributed by atoms with E-state index in [0.717, 1.165) is 5.56 Å². The van der Waals surface area contributed by atoms with E-state index >= 15 is 0 Å². The fourth-order valence-electron chi connectivity index (χ4n) is 1.04. The van der Waals surface area contributed by atoms with Crippen LogP contribution >= 0.6 is 24.0 Å². The van der Waals surface area contributed by atoms with Gasteiger partial charge < -0.3 is 10.8 Å². The lowest BCUT2D eigenvalue weighted by atomic mass is 10.1. The number of rotatable bonds is 3. The minimum Gasteiger partial charge on any atom is -0.396 e. The number of halogens is 2. The summed E-state index contributed by atoms with van der Waals surface area (Å²) < 4.78 is 0. The lowest BCUT2D eigenvalue weighted by molar-refractivity contribution is 0.276. The molecule has 0 bridgehead atoms. The normalized spacial score (nSPS) is 11.9. The van der Waals surface area contributed by atoms with Crippen LogP contribution in [-0.4, -0.2) is 11.7 Å². The Morgan fingerprint density at radius 2 is 2.15 bits per heavy atom. The van der Waals surface area contributed by atoms with Gasteiger partial charge in [-0.2, -0.15) is 0 Å². The summed E-state index contributed by atoms with van der Waals surface area (Å²) in [7, 11) is 0. The highest BCUT2D eigenvalue weighted by Crippen LogP contribution is 2.17. The van der Waals surface area contributed by atoms with Gasteiger partial charge in [-0.3, -0.25) is 0 Å². The van der Waals surface area contributed by atoms with Crippen molar-refractivity contribution in [2.45, 2.75) is 12.5 Å². The van der Waals surface area contributed by atoms with Crippen molar-refractivity contribution in [3.05, 3.63) is 34.9 Å².